The third kappa shape index (κ3) is 1.98. The van der Waals surface area contributed by atoms with E-state index in [4.69, 9.17) is 5.73 Å². The van der Waals surface area contributed by atoms with Crippen LogP contribution in [-0.2, 0) is 13.0 Å². The zero-order chi connectivity index (χ0) is 9.97. The summed E-state index contributed by atoms with van der Waals surface area (Å²) in [5.74, 6) is 0.760. The van der Waals surface area contributed by atoms with Gasteiger partial charge in [-0.1, -0.05) is 0 Å². The number of nitrogens with zero attached hydrogens (tertiary/aromatic N) is 2. The average Bonchev–Trinajstić information content (AvgIpc) is 2.96. The van der Waals surface area contributed by atoms with Gasteiger partial charge in [0.25, 0.3) is 0 Å². The smallest absolute Gasteiger partial charge is 0.0687 e. The van der Waals surface area contributed by atoms with Crippen molar-refractivity contribution in [3.63, 3.8) is 0 Å². The van der Waals surface area contributed by atoms with Gasteiger partial charge in [-0.3, -0.25) is 4.68 Å². The maximum atomic E-state index is 5.53. The van der Waals surface area contributed by atoms with E-state index in [-0.39, 0.29) is 0 Å². The molecule has 3 heteroatoms. The molecule has 0 bridgehead atoms. The van der Waals surface area contributed by atoms with Gasteiger partial charge in [-0.05, 0) is 44.7 Å². The van der Waals surface area contributed by atoms with Gasteiger partial charge in [0.2, 0.25) is 0 Å². The number of hydrogen-bond acceptors (Lipinski definition) is 2. The maximum Gasteiger partial charge on any atom is 0.0687 e. The second-order valence-corrected chi connectivity index (χ2v) is 4.06. The van der Waals surface area contributed by atoms with E-state index in [0.717, 1.165) is 31.8 Å². The molecule has 0 amide bonds. The van der Waals surface area contributed by atoms with E-state index in [2.05, 4.69) is 22.9 Å². The summed E-state index contributed by atoms with van der Waals surface area (Å²) in [4.78, 5) is 0. The van der Waals surface area contributed by atoms with Crippen LogP contribution < -0.4 is 5.73 Å². The molecule has 3 nitrogen and oxygen atoms in total. The van der Waals surface area contributed by atoms with Gasteiger partial charge < -0.3 is 5.73 Å². The molecule has 0 spiro atoms. The molecule has 1 aromatic heterocycles. The summed E-state index contributed by atoms with van der Waals surface area (Å²) in [5.41, 5.74) is 8.31. The van der Waals surface area contributed by atoms with E-state index in [1.807, 2.05) is 0 Å². The average molecular weight is 193 g/mol. The van der Waals surface area contributed by atoms with Crippen molar-refractivity contribution in [2.75, 3.05) is 6.54 Å². The summed E-state index contributed by atoms with van der Waals surface area (Å²) in [7, 11) is 0. The fraction of sp³-hybridized carbons (Fsp3) is 0.727. The molecule has 0 unspecified atom stereocenters. The SMILES string of the molecule is CCn1cc(CCCN)c(C2CC2)n1. The Morgan fingerprint density at radius 3 is 2.93 bits per heavy atom. The van der Waals surface area contributed by atoms with Gasteiger partial charge in [-0.15, -0.1) is 0 Å². The van der Waals surface area contributed by atoms with Crippen LogP contribution in [0, 0.1) is 0 Å². The van der Waals surface area contributed by atoms with Gasteiger partial charge in [0.1, 0.15) is 0 Å². The largest absolute Gasteiger partial charge is 0.330 e. The van der Waals surface area contributed by atoms with Crippen molar-refractivity contribution in [2.45, 2.75) is 45.1 Å². The lowest BCUT2D eigenvalue weighted by molar-refractivity contribution is 0.647. The third-order valence-electron chi connectivity index (χ3n) is 2.81. The summed E-state index contributed by atoms with van der Waals surface area (Å²) >= 11 is 0. The van der Waals surface area contributed by atoms with E-state index >= 15 is 0 Å². The Kier molecular flexibility index (Phi) is 2.87. The molecule has 78 valence electrons. The number of aromatic nitrogens is 2. The maximum absolute atomic E-state index is 5.53. The highest BCUT2D eigenvalue weighted by atomic mass is 15.3. The van der Waals surface area contributed by atoms with Crippen LogP contribution in [0.5, 0.6) is 0 Å². The number of hydrogen-bond donors (Lipinski definition) is 1. The first-order valence-electron chi connectivity index (χ1n) is 5.61. The second-order valence-electron chi connectivity index (χ2n) is 4.06. The van der Waals surface area contributed by atoms with Crippen LogP contribution >= 0.6 is 0 Å². The van der Waals surface area contributed by atoms with E-state index < -0.39 is 0 Å². The van der Waals surface area contributed by atoms with Crippen molar-refractivity contribution < 1.29 is 0 Å². The zero-order valence-corrected chi connectivity index (χ0v) is 8.87. The number of rotatable bonds is 5. The van der Waals surface area contributed by atoms with Gasteiger partial charge >= 0.3 is 0 Å². The normalized spacial score (nSPS) is 16.1. The van der Waals surface area contributed by atoms with E-state index in [9.17, 15) is 0 Å². The molecule has 2 rings (SSSR count). The molecular weight excluding hydrogens is 174 g/mol. The first kappa shape index (κ1) is 9.71. The fourth-order valence-corrected chi connectivity index (χ4v) is 1.83. The summed E-state index contributed by atoms with van der Waals surface area (Å²) in [6.07, 6.45) is 7.04. The van der Waals surface area contributed by atoms with Crippen LogP contribution in [0.4, 0.5) is 0 Å². The first-order valence-corrected chi connectivity index (χ1v) is 5.61. The van der Waals surface area contributed by atoms with Gasteiger partial charge in [0.05, 0.1) is 5.69 Å². The van der Waals surface area contributed by atoms with Crippen LogP contribution in [0.3, 0.4) is 0 Å². The summed E-state index contributed by atoms with van der Waals surface area (Å²) in [6, 6.07) is 0. The molecule has 1 aliphatic rings. The number of aryl methyl sites for hydroxylation is 2. The Morgan fingerprint density at radius 1 is 1.57 bits per heavy atom. The summed E-state index contributed by atoms with van der Waals surface area (Å²) < 4.78 is 2.06. The topological polar surface area (TPSA) is 43.8 Å². The van der Waals surface area contributed by atoms with E-state index in [1.165, 1.54) is 24.1 Å². The molecule has 1 aromatic rings. The number of nitrogens with two attached hydrogens (primary N) is 1. The highest BCUT2D eigenvalue weighted by molar-refractivity contribution is 5.25. The standard InChI is InChI=1S/C11H19N3/c1-2-14-8-10(4-3-7-12)11(13-14)9-5-6-9/h8-9H,2-7,12H2,1H3. The van der Waals surface area contributed by atoms with E-state index in [0.29, 0.717) is 0 Å². The molecule has 1 aliphatic carbocycles. The quantitative estimate of drug-likeness (QED) is 0.773. The molecule has 0 aromatic carbocycles. The summed E-state index contributed by atoms with van der Waals surface area (Å²) in [6.45, 7) is 3.89. The molecule has 1 saturated carbocycles. The monoisotopic (exact) mass is 193 g/mol. The Labute approximate surface area is 85.3 Å². The predicted octanol–water partition coefficient (Wildman–Crippen LogP) is 1.67. The molecule has 1 heterocycles. The zero-order valence-electron chi connectivity index (χ0n) is 8.87. The van der Waals surface area contributed by atoms with Crippen molar-refractivity contribution in [1.82, 2.24) is 9.78 Å². The second kappa shape index (κ2) is 4.13. The van der Waals surface area contributed by atoms with Gasteiger partial charge in [-0.25, -0.2) is 0 Å². The molecular formula is C11H19N3. The third-order valence-corrected chi connectivity index (χ3v) is 2.81. The van der Waals surface area contributed by atoms with Crippen molar-refractivity contribution in [3.05, 3.63) is 17.5 Å². The molecule has 2 N–H and O–H groups in total. The van der Waals surface area contributed by atoms with Gasteiger partial charge in [0.15, 0.2) is 0 Å². The van der Waals surface area contributed by atoms with E-state index in [1.54, 1.807) is 0 Å². The first-order chi connectivity index (χ1) is 6.85. The lowest BCUT2D eigenvalue weighted by Gasteiger charge is -1.97. The van der Waals surface area contributed by atoms with Crippen molar-refractivity contribution in [3.8, 4) is 0 Å². The van der Waals surface area contributed by atoms with Gasteiger partial charge in [0, 0.05) is 18.7 Å². The minimum absolute atomic E-state index is 0.760. The highest BCUT2D eigenvalue weighted by Gasteiger charge is 2.28. The van der Waals surface area contributed by atoms with Crippen LogP contribution in [0.2, 0.25) is 0 Å². The lowest BCUT2D eigenvalue weighted by atomic mass is 10.1. The minimum Gasteiger partial charge on any atom is -0.330 e. The van der Waals surface area contributed by atoms with Crippen LogP contribution in [0.1, 0.15) is 43.4 Å². The van der Waals surface area contributed by atoms with Crippen LogP contribution in [0.15, 0.2) is 6.20 Å². The lowest BCUT2D eigenvalue weighted by Crippen LogP contribution is -2.01. The predicted molar refractivity (Wildman–Crippen MR) is 57.3 cm³/mol. The Bertz CT molecular complexity index is 299. The fourth-order valence-electron chi connectivity index (χ4n) is 1.83. The Balaban J connectivity index is 2.13. The van der Waals surface area contributed by atoms with Crippen molar-refractivity contribution >= 4 is 0 Å². The minimum atomic E-state index is 0.760. The van der Waals surface area contributed by atoms with Gasteiger partial charge in [-0.2, -0.15) is 5.10 Å². The molecule has 0 aliphatic heterocycles. The highest BCUT2D eigenvalue weighted by Crippen LogP contribution is 2.40. The van der Waals surface area contributed by atoms with Crippen LogP contribution in [-0.4, -0.2) is 16.3 Å². The molecule has 0 saturated heterocycles. The summed E-state index contributed by atoms with van der Waals surface area (Å²) in [5, 5.41) is 4.62. The molecule has 14 heavy (non-hydrogen) atoms. The van der Waals surface area contributed by atoms with Crippen molar-refractivity contribution in [1.29, 1.82) is 0 Å². The van der Waals surface area contributed by atoms with Crippen LogP contribution in [0.25, 0.3) is 0 Å². The molecule has 0 atom stereocenters. The Hall–Kier alpha value is -0.830. The molecule has 0 radical (unpaired) electrons. The van der Waals surface area contributed by atoms with Crippen molar-refractivity contribution in [2.24, 2.45) is 5.73 Å². The Morgan fingerprint density at radius 2 is 2.36 bits per heavy atom. The molecule has 1 fully saturated rings.